The van der Waals surface area contributed by atoms with Gasteiger partial charge in [-0.15, -0.1) is 0 Å². The number of ether oxygens (including phenoxy) is 1. The number of methoxy groups -OCH3 is 1. The van der Waals surface area contributed by atoms with Crippen molar-refractivity contribution in [2.75, 3.05) is 12.0 Å². The zero-order valence-electron chi connectivity index (χ0n) is 20.1. The fraction of sp³-hybridized carbons (Fsp3) is 0.148. The summed E-state index contributed by atoms with van der Waals surface area (Å²) in [5, 5.41) is 22.8. The summed E-state index contributed by atoms with van der Waals surface area (Å²) in [6.45, 7) is 3.88. The summed E-state index contributed by atoms with van der Waals surface area (Å²) in [7, 11) is 1.48. The molecule has 10 heteroatoms. The fourth-order valence-corrected chi connectivity index (χ4v) is 5.68. The lowest BCUT2D eigenvalue weighted by Gasteiger charge is -2.23. The van der Waals surface area contributed by atoms with E-state index in [0.717, 1.165) is 15.8 Å². The van der Waals surface area contributed by atoms with Crippen molar-refractivity contribution in [1.29, 1.82) is 0 Å². The van der Waals surface area contributed by atoms with E-state index in [1.807, 2.05) is 26.0 Å². The number of nitro groups is 1. The number of anilines is 1. The van der Waals surface area contributed by atoms with Gasteiger partial charge in [0.1, 0.15) is 11.5 Å². The van der Waals surface area contributed by atoms with E-state index in [9.17, 15) is 24.8 Å². The van der Waals surface area contributed by atoms with Crippen molar-refractivity contribution in [3.05, 3.63) is 98.6 Å². The molecule has 37 heavy (non-hydrogen) atoms. The molecule has 0 saturated carbocycles. The van der Waals surface area contributed by atoms with E-state index < -0.39 is 22.7 Å². The number of aliphatic hydroxyl groups excluding tert-OH is 1. The largest absolute Gasteiger partial charge is 0.507 e. The molecule has 1 aliphatic rings. The molecule has 0 bridgehead atoms. The Kier molecular flexibility index (Phi) is 5.96. The number of hydrogen-bond donors (Lipinski definition) is 1. The van der Waals surface area contributed by atoms with E-state index in [1.54, 1.807) is 24.3 Å². The number of thiazole rings is 1. The van der Waals surface area contributed by atoms with Crippen LogP contribution in [0.15, 0.2) is 66.2 Å². The minimum atomic E-state index is -1.05. The summed E-state index contributed by atoms with van der Waals surface area (Å²) >= 11 is 1.26. The maximum atomic E-state index is 13.4. The van der Waals surface area contributed by atoms with Gasteiger partial charge in [0.15, 0.2) is 5.13 Å². The summed E-state index contributed by atoms with van der Waals surface area (Å²) < 4.78 is 6.09. The van der Waals surface area contributed by atoms with Gasteiger partial charge in [-0.1, -0.05) is 29.5 Å². The molecule has 0 aliphatic carbocycles. The van der Waals surface area contributed by atoms with Crippen molar-refractivity contribution < 1.29 is 24.4 Å². The lowest BCUT2D eigenvalue weighted by Crippen LogP contribution is -2.29. The molecule has 4 aromatic rings. The van der Waals surface area contributed by atoms with Crippen molar-refractivity contribution in [3.8, 4) is 5.75 Å². The molecule has 1 unspecified atom stereocenters. The molecule has 1 fully saturated rings. The minimum Gasteiger partial charge on any atom is -0.507 e. The van der Waals surface area contributed by atoms with Gasteiger partial charge in [-0.05, 0) is 60.9 Å². The third kappa shape index (κ3) is 4.11. The number of Topliss-reactive ketones (excluding diaryl/α,β-unsaturated/α-hetero) is 1. The van der Waals surface area contributed by atoms with Crippen molar-refractivity contribution in [1.82, 2.24) is 4.98 Å². The van der Waals surface area contributed by atoms with Crippen LogP contribution in [0, 0.1) is 24.0 Å². The van der Waals surface area contributed by atoms with Crippen LogP contribution in [0.1, 0.15) is 28.3 Å². The Bertz CT molecular complexity index is 1620. The van der Waals surface area contributed by atoms with Gasteiger partial charge in [0.2, 0.25) is 0 Å². The maximum absolute atomic E-state index is 13.4. The van der Waals surface area contributed by atoms with Gasteiger partial charge in [-0.2, -0.15) is 0 Å². The van der Waals surface area contributed by atoms with Crippen LogP contribution < -0.4 is 9.64 Å². The quantitative estimate of drug-likeness (QED) is 0.123. The van der Waals surface area contributed by atoms with E-state index in [-0.39, 0.29) is 17.0 Å². The number of ketones is 1. The highest BCUT2D eigenvalue weighted by Gasteiger charge is 2.48. The summed E-state index contributed by atoms with van der Waals surface area (Å²) in [6, 6.07) is 14.9. The lowest BCUT2D eigenvalue weighted by atomic mass is 9.95. The Morgan fingerprint density at radius 1 is 1.11 bits per heavy atom. The van der Waals surface area contributed by atoms with Gasteiger partial charge in [-0.25, -0.2) is 4.98 Å². The molecule has 9 nitrogen and oxygen atoms in total. The standard InChI is InChI=1S/C27H21N3O6S/c1-14-11-15(2)22-20(12-14)37-27(28-22)29-23(16-7-9-18(10-8-16)30(34)35)21(25(32)26(29)33)24(31)17-5-4-6-19(13-17)36-3/h4-13,23,31H,1-3H3/b24-21+. The molecule has 1 atom stereocenters. The molecule has 2 heterocycles. The molecule has 1 saturated heterocycles. The number of non-ortho nitro benzene ring substituents is 1. The van der Waals surface area contributed by atoms with Gasteiger partial charge >= 0.3 is 5.91 Å². The molecule has 5 rings (SSSR count). The highest BCUT2D eigenvalue weighted by molar-refractivity contribution is 7.22. The monoisotopic (exact) mass is 515 g/mol. The van der Waals surface area contributed by atoms with Gasteiger partial charge in [-0.3, -0.25) is 24.6 Å². The molecule has 186 valence electrons. The third-order valence-corrected chi connectivity index (χ3v) is 7.23. The zero-order chi connectivity index (χ0) is 26.4. The number of hydrogen-bond acceptors (Lipinski definition) is 8. The topological polar surface area (TPSA) is 123 Å². The van der Waals surface area contributed by atoms with Crippen LogP contribution in [0.2, 0.25) is 0 Å². The molecule has 3 aromatic carbocycles. The highest BCUT2D eigenvalue weighted by Crippen LogP contribution is 2.45. The second kappa shape index (κ2) is 9.14. The second-order valence-electron chi connectivity index (χ2n) is 8.67. The predicted molar refractivity (Wildman–Crippen MR) is 140 cm³/mol. The van der Waals surface area contributed by atoms with E-state index in [0.29, 0.717) is 27.5 Å². The second-order valence-corrected chi connectivity index (χ2v) is 9.68. The number of fused-ring (bicyclic) bond motifs is 1. The minimum absolute atomic E-state index is 0.139. The van der Waals surface area contributed by atoms with Gasteiger partial charge in [0.25, 0.3) is 11.5 Å². The smallest absolute Gasteiger partial charge is 0.301 e. The number of rotatable bonds is 5. The van der Waals surface area contributed by atoms with Crippen molar-refractivity contribution in [3.63, 3.8) is 0 Å². The predicted octanol–water partition coefficient (Wildman–Crippen LogP) is 5.46. The van der Waals surface area contributed by atoms with E-state index in [4.69, 9.17) is 4.74 Å². The van der Waals surface area contributed by atoms with E-state index in [1.165, 1.54) is 47.6 Å². The number of benzene rings is 3. The molecule has 0 radical (unpaired) electrons. The summed E-state index contributed by atoms with van der Waals surface area (Å²) in [5.74, 6) is -1.64. The average molecular weight is 516 g/mol. The van der Waals surface area contributed by atoms with Crippen LogP contribution in [-0.2, 0) is 9.59 Å². The Hall–Kier alpha value is -4.57. The normalized spacial score (nSPS) is 16.9. The Labute approximate surface area is 215 Å². The van der Waals surface area contributed by atoms with Crippen molar-refractivity contribution >= 4 is 49.8 Å². The van der Waals surface area contributed by atoms with Crippen LogP contribution in [0.5, 0.6) is 5.75 Å². The summed E-state index contributed by atoms with van der Waals surface area (Å²) in [6.07, 6.45) is 0. The Morgan fingerprint density at radius 2 is 1.84 bits per heavy atom. The van der Waals surface area contributed by atoms with Gasteiger partial charge in [0.05, 0.1) is 33.9 Å². The van der Waals surface area contributed by atoms with Crippen LogP contribution in [0.25, 0.3) is 16.0 Å². The van der Waals surface area contributed by atoms with Gasteiger partial charge < -0.3 is 9.84 Å². The summed E-state index contributed by atoms with van der Waals surface area (Å²) in [4.78, 5) is 43.4. The molecular formula is C27H21N3O6S. The van der Waals surface area contributed by atoms with Crippen molar-refractivity contribution in [2.45, 2.75) is 19.9 Å². The molecule has 1 amide bonds. The first kappa shape index (κ1) is 24.1. The molecule has 1 aromatic heterocycles. The third-order valence-electron chi connectivity index (χ3n) is 6.23. The number of aryl methyl sites for hydroxylation is 2. The summed E-state index contributed by atoms with van der Waals surface area (Å²) in [5.41, 5.74) is 3.10. The molecule has 1 aliphatic heterocycles. The number of aromatic nitrogens is 1. The molecule has 1 N–H and O–H groups in total. The zero-order valence-corrected chi connectivity index (χ0v) is 20.9. The number of carbonyl (C=O) groups excluding carboxylic acids is 2. The number of amides is 1. The van der Waals surface area contributed by atoms with Crippen LogP contribution >= 0.6 is 11.3 Å². The van der Waals surface area contributed by atoms with E-state index in [2.05, 4.69) is 4.98 Å². The molecule has 0 spiro atoms. The van der Waals surface area contributed by atoms with Gasteiger partial charge in [0, 0.05) is 17.7 Å². The maximum Gasteiger partial charge on any atom is 0.301 e. The fourth-order valence-electron chi connectivity index (χ4n) is 4.51. The average Bonchev–Trinajstić information content (AvgIpc) is 3.42. The number of carbonyl (C=O) groups is 2. The SMILES string of the molecule is COc1cccc(/C(O)=C2\C(=O)C(=O)N(c3nc4c(C)cc(C)cc4s3)C2c2ccc([N+](=O)[O-])cc2)c1. The first-order valence-corrected chi connectivity index (χ1v) is 12.1. The van der Waals surface area contributed by atoms with Crippen LogP contribution in [0.4, 0.5) is 10.8 Å². The molecular weight excluding hydrogens is 494 g/mol. The number of nitrogens with zero attached hydrogens (tertiary/aromatic N) is 3. The Morgan fingerprint density at radius 3 is 2.51 bits per heavy atom. The Balaban J connectivity index is 1.74. The van der Waals surface area contributed by atoms with Crippen LogP contribution in [0.3, 0.4) is 0 Å². The number of aliphatic hydroxyl groups is 1. The first-order valence-electron chi connectivity index (χ1n) is 11.3. The lowest BCUT2D eigenvalue weighted by molar-refractivity contribution is -0.384. The van der Waals surface area contributed by atoms with E-state index >= 15 is 0 Å². The first-order chi connectivity index (χ1) is 17.7. The number of nitro benzene ring substituents is 1. The van der Waals surface area contributed by atoms with Crippen LogP contribution in [-0.4, -0.2) is 33.8 Å². The highest BCUT2D eigenvalue weighted by atomic mass is 32.1. The van der Waals surface area contributed by atoms with Crippen molar-refractivity contribution in [2.24, 2.45) is 0 Å².